The number of nitro groups is 1. The fraction of sp³-hybridized carbons (Fsp3) is 0.214. The Balaban J connectivity index is 2.53. The Morgan fingerprint density at radius 2 is 1.95 bits per heavy atom. The van der Waals surface area contributed by atoms with Crippen molar-refractivity contribution in [1.82, 2.24) is 4.98 Å². The molecule has 0 aliphatic carbocycles. The molecule has 0 atom stereocenters. The first-order valence-corrected chi connectivity index (χ1v) is 6.74. The van der Waals surface area contributed by atoms with E-state index in [0.29, 0.717) is 15.9 Å². The third-order valence-corrected chi connectivity index (χ3v) is 3.81. The van der Waals surface area contributed by atoms with Crippen molar-refractivity contribution in [2.75, 3.05) is 0 Å². The van der Waals surface area contributed by atoms with Crippen molar-refractivity contribution in [3.8, 4) is 11.6 Å². The predicted octanol–water partition coefficient (Wildman–Crippen LogP) is 4.47. The van der Waals surface area contributed by atoms with Crippen molar-refractivity contribution in [3.05, 3.63) is 55.7 Å². The third kappa shape index (κ3) is 2.80. The van der Waals surface area contributed by atoms with E-state index in [-0.39, 0.29) is 11.4 Å². The van der Waals surface area contributed by atoms with Gasteiger partial charge in [-0.1, -0.05) is 6.07 Å². The zero-order chi connectivity index (χ0) is 14.9. The summed E-state index contributed by atoms with van der Waals surface area (Å²) in [7, 11) is 0. The van der Waals surface area contributed by atoms with E-state index in [1.807, 2.05) is 26.0 Å². The van der Waals surface area contributed by atoms with Crippen molar-refractivity contribution < 1.29 is 9.66 Å². The van der Waals surface area contributed by atoms with Gasteiger partial charge in [-0.25, -0.2) is 4.98 Å². The lowest BCUT2D eigenvalue weighted by Gasteiger charge is -2.11. The molecule has 0 aliphatic heterocycles. The smallest absolute Gasteiger partial charge is 0.312 e. The number of nitrogens with zero attached hydrogens (tertiary/aromatic N) is 2. The lowest BCUT2D eigenvalue weighted by Crippen LogP contribution is -1.98. The highest BCUT2D eigenvalue weighted by atomic mass is 79.9. The number of halogens is 1. The second-order valence-electron chi connectivity index (χ2n) is 4.54. The summed E-state index contributed by atoms with van der Waals surface area (Å²) < 4.78 is 6.36. The van der Waals surface area contributed by atoms with Gasteiger partial charge in [0.15, 0.2) is 0 Å². The van der Waals surface area contributed by atoms with Crippen LogP contribution in [-0.4, -0.2) is 9.91 Å². The monoisotopic (exact) mass is 336 g/mol. The van der Waals surface area contributed by atoms with Gasteiger partial charge in [0.2, 0.25) is 11.6 Å². The molecule has 2 rings (SSSR count). The van der Waals surface area contributed by atoms with E-state index >= 15 is 0 Å². The van der Waals surface area contributed by atoms with Crippen molar-refractivity contribution in [3.63, 3.8) is 0 Å². The number of hydrogen-bond donors (Lipinski definition) is 0. The van der Waals surface area contributed by atoms with Crippen molar-refractivity contribution in [2.24, 2.45) is 0 Å². The molecule has 6 heteroatoms. The number of aryl methyl sites for hydroxylation is 3. The molecule has 0 N–H and O–H groups in total. The highest BCUT2D eigenvalue weighted by Crippen LogP contribution is 2.37. The van der Waals surface area contributed by atoms with Gasteiger partial charge in [0.25, 0.3) is 0 Å². The Kier molecular flexibility index (Phi) is 4.04. The molecule has 1 heterocycles. The molecule has 0 fully saturated rings. The largest absolute Gasteiger partial charge is 0.430 e. The third-order valence-electron chi connectivity index (χ3n) is 2.85. The van der Waals surface area contributed by atoms with Crippen LogP contribution in [-0.2, 0) is 0 Å². The van der Waals surface area contributed by atoms with Gasteiger partial charge in [0.05, 0.1) is 9.40 Å². The number of aromatic nitrogens is 1. The van der Waals surface area contributed by atoms with Crippen LogP contribution in [0.25, 0.3) is 0 Å². The lowest BCUT2D eigenvalue weighted by molar-refractivity contribution is -0.385. The average Bonchev–Trinajstić information content (AvgIpc) is 2.37. The summed E-state index contributed by atoms with van der Waals surface area (Å²) in [6, 6.07) is 5.16. The average molecular weight is 337 g/mol. The van der Waals surface area contributed by atoms with Gasteiger partial charge < -0.3 is 4.74 Å². The fourth-order valence-electron chi connectivity index (χ4n) is 1.88. The molecule has 0 saturated carbocycles. The molecule has 5 nitrogen and oxygen atoms in total. The summed E-state index contributed by atoms with van der Waals surface area (Å²) >= 11 is 3.38. The molecule has 1 aromatic heterocycles. The molecule has 2 aromatic rings. The van der Waals surface area contributed by atoms with E-state index < -0.39 is 4.92 Å². The number of nitro benzene ring substituents is 1. The van der Waals surface area contributed by atoms with Gasteiger partial charge in [0.1, 0.15) is 0 Å². The Bertz CT molecular complexity index is 686. The van der Waals surface area contributed by atoms with Gasteiger partial charge in [-0.3, -0.25) is 10.1 Å². The molecule has 104 valence electrons. The Morgan fingerprint density at radius 1 is 1.25 bits per heavy atom. The van der Waals surface area contributed by atoms with Crippen LogP contribution < -0.4 is 4.74 Å². The minimum atomic E-state index is -0.445. The number of benzene rings is 1. The zero-order valence-electron chi connectivity index (χ0n) is 11.3. The van der Waals surface area contributed by atoms with Gasteiger partial charge in [-0.15, -0.1) is 0 Å². The number of ether oxygens (including phenoxy) is 1. The van der Waals surface area contributed by atoms with E-state index in [9.17, 15) is 10.1 Å². The Morgan fingerprint density at radius 3 is 2.60 bits per heavy atom. The van der Waals surface area contributed by atoms with E-state index in [1.165, 1.54) is 6.07 Å². The van der Waals surface area contributed by atoms with Crippen LogP contribution in [0.3, 0.4) is 0 Å². The number of hydrogen-bond acceptors (Lipinski definition) is 4. The standard InChI is InChI=1S/C14H13BrN2O3/c1-8-6-10(3)13(11(7-8)17(18)19)20-14-12(15)9(2)4-5-16-14/h4-7H,1-3H3. The summed E-state index contributed by atoms with van der Waals surface area (Å²) in [6.07, 6.45) is 1.60. The van der Waals surface area contributed by atoms with Crippen LogP contribution >= 0.6 is 15.9 Å². The van der Waals surface area contributed by atoms with E-state index in [2.05, 4.69) is 20.9 Å². The van der Waals surface area contributed by atoms with E-state index in [1.54, 1.807) is 13.1 Å². The molecule has 0 aliphatic rings. The van der Waals surface area contributed by atoms with Gasteiger partial charge in [0, 0.05) is 12.3 Å². The first-order chi connectivity index (χ1) is 9.40. The number of rotatable bonds is 3. The molecule has 0 unspecified atom stereocenters. The maximum atomic E-state index is 11.2. The molecule has 0 spiro atoms. The van der Waals surface area contributed by atoms with Crippen molar-refractivity contribution in [1.29, 1.82) is 0 Å². The predicted molar refractivity (Wildman–Crippen MR) is 79.3 cm³/mol. The normalized spacial score (nSPS) is 10.4. The van der Waals surface area contributed by atoms with Crippen molar-refractivity contribution in [2.45, 2.75) is 20.8 Å². The van der Waals surface area contributed by atoms with Crippen LogP contribution in [0.1, 0.15) is 16.7 Å². The number of pyridine rings is 1. The minimum absolute atomic E-state index is 0.0577. The zero-order valence-corrected chi connectivity index (χ0v) is 12.9. The van der Waals surface area contributed by atoms with Gasteiger partial charge >= 0.3 is 5.69 Å². The fourth-order valence-corrected chi connectivity index (χ4v) is 2.20. The Labute approximate surface area is 124 Å². The molecule has 20 heavy (non-hydrogen) atoms. The molecule has 0 radical (unpaired) electrons. The first-order valence-electron chi connectivity index (χ1n) is 5.94. The molecule has 1 aromatic carbocycles. The van der Waals surface area contributed by atoms with Gasteiger partial charge in [-0.05, 0) is 59.5 Å². The van der Waals surface area contributed by atoms with Gasteiger partial charge in [-0.2, -0.15) is 0 Å². The van der Waals surface area contributed by atoms with Crippen LogP contribution in [0.15, 0.2) is 28.9 Å². The summed E-state index contributed by atoms with van der Waals surface area (Å²) in [4.78, 5) is 14.8. The second kappa shape index (κ2) is 5.58. The molecular weight excluding hydrogens is 324 g/mol. The highest BCUT2D eigenvalue weighted by molar-refractivity contribution is 9.10. The highest BCUT2D eigenvalue weighted by Gasteiger charge is 2.20. The molecule has 0 bridgehead atoms. The summed E-state index contributed by atoms with van der Waals surface area (Å²) in [5.41, 5.74) is 2.41. The van der Waals surface area contributed by atoms with E-state index in [4.69, 9.17) is 4.74 Å². The molecule has 0 saturated heterocycles. The Hall–Kier alpha value is -1.95. The van der Waals surface area contributed by atoms with Crippen LogP contribution in [0.4, 0.5) is 5.69 Å². The minimum Gasteiger partial charge on any atom is -0.430 e. The quantitative estimate of drug-likeness (QED) is 0.612. The van der Waals surface area contributed by atoms with Crippen LogP contribution in [0.2, 0.25) is 0 Å². The SMILES string of the molecule is Cc1cc(C)c(Oc2nccc(C)c2Br)c([N+](=O)[O-])c1. The van der Waals surface area contributed by atoms with Crippen LogP contribution in [0.5, 0.6) is 11.6 Å². The maximum absolute atomic E-state index is 11.2. The first kappa shape index (κ1) is 14.5. The summed E-state index contributed by atoms with van der Waals surface area (Å²) in [5, 5.41) is 11.2. The maximum Gasteiger partial charge on any atom is 0.312 e. The second-order valence-corrected chi connectivity index (χ2v) is 5.33. The topological polar surface area (TPSA) is 65.3 Å². The summed E-state index contributed by atoms with van der Waals surface area (Å²) in [6.45, 7) is 5.48. The lowest BCUT2D eigenvalue weighted by atomic mass is 10.1. The summed E-state index contributed by atoms with van der Waals surface area (Å²) in [5.74, 6) is 0.541. The molecule has 0 amide bonds. The van der Waals surface area contributed by atoms with E-state index in [0.717, 1.165) is 11.1 Å². The van der Waals surface area contributed by atoms with Crippen LogP contribution in [0, 0.1) is 30.9 Å². The molecular formula is C14H13BrN2O3. The van der Waals surface area contributed by atoms with Crippen molar-refractivity contribution >= 4 is 21.6 Å².